The third kappa shape index (κ3) is 7.51. The molecule has 0 N–H and O–H groups in total. The fourth-order valence-electron chi connectivity index (χ4n) is 0.957. The highest BCUT2D eigenvalue weighted by atomic mass is 35.5. The maximum Gasteiger partial charge on any atom is 0.274 e. The molecule has 0 atom stereocenters. The lowest BCUT2D eigenvalue weighted by Crippen LogP contribution is -2.12. The molecule has 17 heavy (non-hydrogen) atoms. The number of rotatable bonds is 10. The van der Waals surface area contributed by atoms with Gasteiger partial charge in [0.25, 0.3) is 5.19 Å². The Balaban J connectivity index is 1.84. The Morgan fingerprint density at radius 2 is 1.76 bits per heavy atom. The van der Waals surface area contributed by atoms with Crippen molar-refractivity contribution in [2.75, 3.05) is 46.8 Å². The quantitative estimate of drug-likeness (QED) is 0.613. The van der Waals surface area contributed by atoms with Gasteiger partial charge in [-0.15, -0.1) is 0 Å². The summed E-state index contributed by atoms with van der Waals surface area (Å²) in [6.07, 6.45) is 0. The Bertz CT molecular complexity index is 298. The van der Waals surface area contributed by atoms with Gasteiger partial charge in [0.2, 0.25) is 0 Å². The minimum Gasteiger partial charge on any atom is -0.468 e. The lowest BCUT2D eigenvalue weighted by Gasteiger charge is -2.05. The lowest BCUT2D eigenvalue weighted by molar-refractivity contribution is 0.0179. The van der Waals surface area contributed by atoms with Crippen molar-refractivity contribution >= 4 is 22.9 Å². The van der Waals surface area contributed by atoms with Gasteiger partial charge in [-0.25, -0.2) is 0 Å². The summed E-state index contributed by atoms with van der Waals surface area (Å²) < 4.78 is 20.7. The summed E-state index contributed by atoms with van der Waals surface area (Å²) in [5, 5.41) is 2.74. The van der Waals surface area contributed by atoms with Crippen molar-refractivity contribution in [3.63, 3.8) is 0 Å². The van der Waals surface area contributed by atoms with Crippen molar-refractivity contribution < 1.29 is 18.9 Å². The highest BCUT2D eigenvalue weighted by Crippen LogP contribution is 2.20. The number of methoxy groups -OCH3 is 1. The minimum atomic E-state index is 0.456. The van der Waals surface area contributed by atoms with Gasteiger partial charge < -0.3 is 18.9 Å². The van der Waals surface area contributed by atoms with E-state index in [9.17, 15) is 0 Å². The maximum absolute atomic E-state index is 5.64. The van der Waals surface area contributed by atoms with Crippen LogP contribution in [0.25, 0.3) is 0 Å². The van der Waals surface area contributed by atoms with Crippen LogP contribution in [0, 0.1) is 0 Å². The molecule has 1 heterocycles. The molecule has 0 fully saturated rings. The molecule has 1 aromatic heterocycles. The smallest absolute Gasteiger partial charge is 0.274 e. The van der Waals surface area contributed by atoms with Crippen molar-refractivity contribution in [3.8, 4) is 5.19 Å². The van der Waals surface area contributed by atoms with E-state index < -0.39 is 0 Å². The summed E-state index contributed by atoms with van der Waals surface area (Å²) >= 11 is 7.01. The first-order valence-electron chi connectivity index (χ1n) is 5.21. The van der Waals surface area contributed by atoms with Crippen molar-refractivity contribution in [2.24, 2.45) is 0 Å². The van der Waals surface area contributed by atoms with Crippen LogP contribution >= 0.6 is 22.9 Å². The van der Waals surface area contributed by atoms with Crippen LogP contribution in [0.15, 0.2) is 5.38 Å². The Hall–Kier alpha value is -0.400. The molecule has 7 heteroatoms. The summed E-state index contributed by atoms with van der Waals surface area (Å²) in [7, 11) is 1.64. The second-order valence-corrected chi connectivity index (χ2v) is 4.21. The van der Waals surface area contributed by atoms with Gasteiger partial charge in [-0.2, -0.15) is 4.98 Å². The zero-order valence-electron chi connectivity index (χ0n) is 9.69. The first-order chi connectivity index (χ1) is 8.33. The van der Waals surface area contributed by atoms with E-state index in [1.807, 2.05) is 0 Å². The fourth-order valence-corrected chi connectivity index (χ4v) is 1.77. The van der Waals surface area contributed by atoms with Gasteiger partial charge in [-0.1, -0.05) is 22.9 Å². The zero-order valence-corrected chi connectivity index (χ0v) is 11.3. The molecule has 1 rings (SSSR count). The highest BCUT2D eigenvalue weighted by molar-refractivity contribution is 7.11. The highest BCUT2D eigenvalue weighted by Gasteiger charge is 1.99. The zero-order chi connectivity index (χ0) is 12.3. The Morgan fingerprint density at radius 1 is 1.12 bits per heavy atom. The molecule has 1 aromatic rings. The predicted octanol–water partition coefficient (Wildman–Crippen LogP) is 1.85. The largest absolute Gasteiger partial charge is 0.468 e. The molecule has 0 aliphatic carbocycles. The van der Waals surface area contributed by atoms with Crippen LogP contribution in [0.2, 0.25) is 5.15 Å². The van der Waals surface area contributed by atoms with E-state index in [0.29, 0.717) is 50.0 Å². The Labute approximate surface area is 110 Å². The predicted molar refractivity (Wildman–Crippen MR) is 66.1 cm³/mol. The molecule has 5 nitrogen and oxygen atoms in total. The third-order valence-corrected chi connectivity index (χ3v) is 2.79. The van der Waals surface area contributed by atoms with E-state index in [-0.39, 0.29) is 0 Å². The average Bonchev–Trinajstić information content (AvgIpc) is 2.73. The molecule has 0 aromatic carbocycles. The van der Waals surface area contributed by atoms with Gasteiger partial charge in [0, 0.05) is 12.5 Å². The number of hydrogen-bond acceptors (Lipinski definition) is 6. The van der Waals surface area contributed by atoms with Gasteiger partial charge in [-0.3, -0.25) is 0 Å². The third-order valence-electron chi connectivity index (χ3n) is 1.71. The first-order valence-corrected chi connectivity index (χ1v) is 6.47. The van der Waals surface area contributed by atoms with E-state index in [4.69, 9.17) is 30.5 Å². The van der Waals surface area contributed by atoms with Gasteiger partial charge >= 0.3 is 0 Å². The normalized spacial score (nSPS) is 10.7. The number of thiazole rings is 1. The van der Waals surface area contributed by atoms with Crippen LogP contribution in [0.5, 0.6) is 5.19 Å². The summed E-state index contributed by atoms with van der Waals surface area (Å²) in [6.45, 7) is 3.27. The Morgan fingerprint density at radius 3 is 2.35 bits per heavy atom. The second kappa shape index (κ2) is 9.61. The standard InChI is InChI=1S/C10H16ClNO4S/c1-13-2-3-14-4-5-15-6-7-16-10-12-9(11)8-17-10/h8H,2-7H2,1H3. The molecule has 0 saturated heterocycles. The van der Waals surface area contributed by atoms with Gasteiger partial charge in [0.1, 0.15) is 11.8 Å². The number of halogens is 1. The summed E-state index contributed by atoms with van der Waals surface area (Å²) in [5.74, 6) is 0. The van der Waals surface area contributed by atoms with Crippen LogP contribution in [0.1, 0.15) is 0 Å². The van der Waals surface area contributed by atoms with Crippen molar-refractivity contribution in [2.45, 2.75) is 0 Å². The SMILES string of the molecule is COCCOCCOCCOc1nc(Cl)cs1. The van der Waals surface area contributed by atoms with E-state index in [2.05, 4.69) is 4.98 Å². The number of ether oxygens (including phenoxy) is 4. The van der Waals surface area contributed by atoms with Gasteiger partial charge in [0.15, 0.2) is 0 Å². The summed E-state index contributed by atoms with van der Waals surface area (Å²) in [6, 6.07) is 0. The van der Waals surface area contributed by atoms with Crippen molar-refractivity contribution in [3.05, 3.63) is 10.5 Å². The van der Waals surface area contributed by atoms with E-state index in [0.717, 1.165) is 0 Å². The lowest BCUT2D eigenvalue weighted by atomic mass is 10.7. The van der Waals surface area contributed by atoms with E-state index in [1.165, 1.54) is 11.3 Å². The molecule has 0 saturated carbocycles. The first kappa shape index (κ1) is 14.7. The average molecular weight is 282 g/mol. The molecule has 0 amide bonds. The van der Waals surface area contributed by atoms with E-state index in [1.54, 1.807) is 12.5 Å². The van der Waals surface area contributed by atoms with Crippen molar-refractivity contribution in [1.29, 1.82) is 0 Å². The van der Waals surface area contributed by atoms with Crippen LogP contribution in [0.3, 0.4) is 0 Å². The summed E-state index contributed by atoms with van der Waals surface area (Å²) in [4.78, 5) is 3.95. The maximum atomic E-state index is 5.64. The van der Waals surface area contributed by atoms with Gasteiger partial charge in [-0.05, 0) is 0 Å². The Kier molecular flexibility index (Phi) is 8.29. The molecule has 0 aliphatic rings. The van der Waals surface area contributed by atoms with E-state index >= 15 is 0 Å². The number of hydrogen-bond donors (Lipinski definition) is 0. The molecule has 0 radical (unpaired) electrons. The van der Waals surface area contributed by atoms with Crippen LogP contribution in [-0.4, -0.2) is 51.7 Å². The monoisotopic (exact) mass is 281 g/mol. The molecule has 0 bridgehead atoms. The molecule has 98 valence electrons. The second-order valence-electron chi connectivity index (χ2n) is 3.00. The minimum absolute atomic E-state index is 0.456. The van der Waals surface area contributed by atoms with Gasteiger partial charge in [0.05, 0.1) is 33.0 Å². The van der Waals surface area contributed by atoms with Crippen LogP contribution < -0.4 is 4.74 Å². The summed E-state index contributed by atoms with van der Waals surface area (Å²) in [5.41, 5.74) is 0. The van der Waals surface area contributed by atoms with Crippen molar-refractivity contribution in [1.82, 2.24) is 4.98 Å². The fraction of sp³-hybridized carbons (Fsp3) is 0.700. The topological polar surface area (TPSA) is 49.8 Å². The van der Waals surface area contributed by atoms with Crippen LogP contribution in [0.4, 0.5) is 0 Å². The number of nitrogens with zero attached hydrogens (tertiary/aromatic N) is 1. The molecular weight excluding hydrogens is 266 g/mol. The molecular formula is C10H16ClNO4S. The molecule has 0 unspecified atom stereocenters. The van der Waals surface area contributed by atoms with Crippen LogP contribution in [-0.2, 0) is 14.2 Å². The molecule has 0 aliphatic heterocycles. The number of aromatic nitrogens is 1. The molecule has 0 spiro atoms.